The molecule has 19 heavy (non-hydrogen) atoms. The van der Waals surface area contributed by atoms with Gasteiger partial charge in [0.05, 0.1) is 17.7 Å². The molecule has 102 valence electrons. The first-order chi connectivity index (χ1) is 8.79. The number of nitrogens with zero attached hydrogens (tertiary/aromatic N) is 1. The highest BCUT2D eigenvalue weighted by molar-refractivity contribution is 6.08. The van der Waals surface area contributed by atoms with Gasteiger partial charge in [-0.25, -0.2) is 4.39 Å². The van der Waals surface area contributed by atoms with Crippen molar-refractivity contribution in [2.24, 2.45) is 0 Å². The van der Waals surface area contributed by atoms with Gasteiger partial charge in [0.1, 0.15) is 11.6 Å². The number of amides is 1. The van der Waals surface area contributed by atoms with Crippen LogP contribution < -0.4 is 4.90 Å². The predicted octanol–water partition coefficient (Wildman–Crippen LogP) is 2.54. The third-order valence-electron chi connectivity index (χ3n) is 2.83. The zero-order valence-electron chi connectivity index (χ0n) is 9.63. The van der Waals surface area contributed by atoms with E-state index in [2.05, 4.69) is 0 Å². The van der Waals surface area contributed by atoms with Crippen molar-refractivity contribution in [1.82, 2.24) is 0 Å². The lowest BCUT2D eigenvalue weighted by Gasteiger charge is -2.27. The summed E-state index contributed by atoms with van der Waals surface area (Å²) in [4.78, 5) is 23.5. The summed E-state index contributed by atoms with van der Waals surface area (Å²) >= 11 is 0. The monoisotopic (exact) mass is 275 g/mol. The molecule has 0 unspecified atom stereocenters. The Balaban J connectivity index is 2.39. The number of carbonyl (C=O) groups is 2. The minimum atomic E-state index is -4.61. The lowest BCUT2D eigenvalue weighted by atomic mass is 10.1. The number of halogens is 4. The highest BCUT2D eigenvalue weighted by Gasteiger charge is 2.33. The Kier molecular flexibility index (Phi) is 3.30. The molecule has 0 atom stereocenters. The first kappa shape index (κ1) is 13.5. The van der Waals surface area contributed by atoms with Crippen molar-refractivity contribution in [2.75, 3.05) is 11.4 Å². The molecule has 7 heteroatoms. The Hall–Kier alpha value is -1.92. The molecule has 3 nitrogen and oxygen atoms in total. The van der Waals surface area contributed by atoms with E-state index in [1.807, 2.05) is 0 Å². The Morgan fingerprint density at radius 3 is 2.42 bits per heavy atom. The molecule has 0 bridgehead atoms. The van der Waals surface area contributed by atoms with E-state index in [0.29, 0.717) is 18.2 Å². The first-order valence-electron chi connectivity index (χ1n) is 5.48. The Morgan fingerprint density at radius 1 is 1.16 bits per heavy atom. The van der Waals surface area contributed by atoms with Gasteiger partial charge in [-0.05, 0) is 18.2 Å². The molecule has 2 rings (SSSR count). The van der Waals surface area contributed by atoms with Crippen molar-refractivity contribution >= 4 is 17.4 Å². The molecule has 0 saturated carbocycles. The van der Waals surface area contributed by atoms with Crippen molar-refractivity contribution in [2.45, 2.75) is 19.0 Å². The highest BCUT2D eigenvalue weighted by Crippen LogP contribution is 2.33. The number of carbonyl (C=O) groups excluding carboxylic acids is 2. The van der Waals surface area contributed by atoms with E-state index in [4.69, 9.17) is 0 Å². The fourth-order valence-electron chi connectivity index (χ4n) is 1.86. The van der Waals surface area contributed by atoms with Gasteiger partial charge in [-0.1, -0.05) is 0 Å². The van der Waals surface area contributed by atoms with Crippen LogP contribution in [-0.2, 0) is 15.8 Å². The van der Waals surface area contributed by atoms with Crippen LogP contribution in [0, 0.1) is 5.82 Å². The number of rotatable bonds is 1. The van der Waals surface area contributed by atoms with E-state index in [1.54, 1.807) is 0 Å². The first-order valence-corrected chi connectivity index (χ1v) is 5.48. The van der Waals surface area contributed by atoms with Crippen LogP contribution in [0.15, 0.2) is 18.2 Å². The number of benzene rings is 1. The molecular formula is C12H9F4NO2. The van der Waals surface area contributed by atoms with E-state index < -0.39 is 35.6 Å². The summed E-state index contributed by atoms with van der Waals surface area (Å²) in [5.41, 5.74) is -1.47. The fraction of sp³-hybridized carbons (Fsp3) is 0.333. The van der Waals surface area contributed by atoms with Gasteiger partial charge >= 0.3 is 6.18 Å². The van der Waals surface area contributed by atoms with Gasteiger partial charge in [-0.3, -0.25) is 9.59 Å². The molecule has 0 radical (unpaired) electrons. The highest BCUT2D eigenvalue weighted by atomic mass is 19.4. The van der Waals surface area contributed by atoms with Gasteiger partial charge in [0, 0.05) is 13.0 Å². The van der Waals surface area contributed by atoms with E-state index in [-0.39, 0.29) is 18.7 Å². The van der Waals surface area contributed by atoms with Crippen LogP contribution in [-0.4, -0.2) is 18.2 Å². The van der Waals surface area contributed by atoms with Crippen molar-refractivity contribution in [3.63, 3.8) is 0 Å². The molecule has 0 aliphatic carbocycles. The van der Waals surface area contributed by atoms with Crippen molar-refractivity contribution in [3.05, 3.63) is 29.6 Å². The van der Waals surface area contributed by atoms with E-state index in [0.717, 1.165) is 4.90 Å². The normalized spacial score (nSPS) is 16.9. The molecule has 1 fully saturated rings. The minimum absolute atomic E-state index is 0.0153. The molecule has 0 aromatic heterocycles. The molecule has 0 spiro atoms. The fourth-order valence-corrected chi connectivity index (χ4v) is 1.86. The lowest BCUT2D eigenvalue weighted by molar-refractivity contribution is -0.137. The van der Waals surface area contributed by atoms with Crippen LogP contribution in [0.2, 0.25) is 0 Å². The second-order valence-electron chi connectivity index (χ2n) is 4.17. The average Bonchev–Trinajstić information content (AvgIpc) is 2.29. The number of alkyl halides is 3. The number of piperidine rings is 1. The third kappa shape index (κ3) is 2.74. The molecule has 1 aliphatic heterocycles. The molecule has 0 N–H and O–H groups in total. The van der Waals surface area contributed by atoms with Crippen LogP contribution in [0.4, 0.5) is 23.2 Å². The van der Waals surface area contributed by atoms with Crippen molar-refractivity contribution in [3.8, 4) is 0 Å². The predicted molar refractivity (Wildman–Crippen MR) is 58.0 cm³/mol. The number of Topliss-reactive ketones (excluding diaryl/α,β-unsaturated/α-hetero) is 1. The second-order valence-corrected chi connectivity index (χ2v) is 4.17. The summed E-state index contributed by atoms with van der Waals surface area (Å²) in [5.74, 6) is -1.90. The summed E-state index contributed by atoms with van der Waals surface area (Å²) < 4.78 is 51.2. The maximum atomic E-state index is 13.6. The number of hydrogen-bond acceptors (Lipinski definition) is 2. The summed E-state index contributed by atoms with van der Waals surface area (Å²) in [6.07, 6.45) is -5.01. The van der Waals surface area contributed by atoms with Gasteiger partial charge < -0.3 is 4.90 Å². The van der Waals surface area contributed by atoms with Crippen LogP contribution in [0.5, 0.6) is 0 Å². The molecular weight excluding hydrogens is 266 g/mol. The van der Waals surface area contributed by atoms with Gasteiger partial charge in [0.2, 0.25) is 5.91 Å². The third-order valence-corrected chi connectivity index (χ3v) is 2.83. The topological polar surface area (TPSA) is 37.4 Å². The smallest absolute Gasteiger partial charge is 0.309 e. The van der Waals surface area contributed by atoms with Crippen molar-refractivity contribution in [1.29, 1.82) is 0 Å². The summed E-state index contributed by atoms with van der Waals surface area (Å²) in [5, 5.41) is 0. The molecule has 1 saturated heterocycles. The van der Waals surface area contributed by atoms with Crippen LogP contribution in [0.3, 0.4) is 0 Å². The SMILES string of the molecule is O=C1CCN(c2cc(C(F)(F)F)ccc2F)C(=O)C1. The van der Waals surface area contributed by atoms with Gasteiger partial charge in [-0.15, -0.1) is 0 Å². The Morgan fingerprint density at radius 2 is 1.84 bits per heavy atom. The summed E-state index contributed by atoms with van der Waals surface area (Å²) in [7, 11) is 0. The van der Waals surface area contributed by atoms with Crippen LogP contribution >= 0.6 is 0 Å². The van der Waals surface area contributed by atoms with Crippen LogP contribution in [0.1, 0.15) is 18.4 Å². The second kappa shape index (κ2) is 4.64. The number of ketones is 1. The van der Waals surface area contributed by atoms with E-state index >= 15 is 0 Å². The van der Waals surface area contributed by atoms with Gasteiger partial charge in [0.25, 0.3) is 0 Å². The Labute approximate surface area is 105 Å². The maximum absolute atomic E-state index is 13.6. The largest absolute Gasteiger partial charge is 0.416 e. The van der Waals surface area contributed by atoms with Crippen LogP contribution in [0.25, 0.3) is 0 Å². The minimum Gasteiger partial charge on any atom is -0.309 e. The molecule has 1 aromatic carbocycles. The molecule has 1 heterocycles. The van der Waals surface area contributed by atoms with Gasteiger partial charge in [-0.2, -0.15) is 13.2 Å². The summed E-state index contributed by atoms with van der Waals surface area (Å²) in [6, 6.07) is 1.86. The maximum Gasteiger partial charge on any atom is 0.416 e. The van der Waals surface area contributed by atoms with E-state index in [9.17, 15) is 27.2 Å². The quantitative estimate of drug-likeness (QED) is 0.583. The average molecular weight is 275 g/mol. The molecule has 1 amide bonds. The standard InChI is InChI=1S/C12H9F4NO2/c13-9-2-1-7(12(14,15)16)5-10(9)17-4-3-8(18)6-11(17)19/h1-2,5H,3-4,6H2. The van der Waals surface area contributed by atoms with Gasteiger partial charge in [0.15, 0.2) is 0 Å². The summed E-state index contributed by atoms with van der Waals surface area (Å²) in [6.45, 7) is -0.101. The van der Waals surface area contributed by atoms with E-state index in [1.165, 1.54) is 0 Å². The zero-order valence-corrected chi connectivity index (χ0v) is 9.63. The number of hydrogen-bond donors (Lipinski definition) is 0. The lowest BCUT2D eigenvalue weighted by Crippen LogP contribution is -2.39. The zero-order chi connectivity index (χ0) is 14.2. The molecule has 1 aliphatic rings. The van der Waals surface area contributed by atoms with Crippen molar-refractivity contribution < 1.29 is 27.2 Å². The number of anilines is 1. The molecule has 1 aromatic rings. The Bertz CT molecular complexity index is 539.